The number of carbonyl (C=O) groups excluding carboxylic acids is 1. The van der Waals surface area contributed by atoms with Crippen molar-refractivity contribution >= 4 is 22.6 Å². The van der Waals surface area contributed by atoms with Crippen molar-refractivity contribution < 1.29 is 19.0 Å². The summed E-state index contributed by atoms with van der Waals surface area (Å²) in [5.74, 6) is -0.110. The van der Waals surface area contributed by atoms with Gasteiger partial charge in [-0.05, 0) is 80.8 Å². The Bertz CT molecular complexity index is 1130. The van der Waals surface area contributed by atoms with E-state index in [0.717, 1.165) is 16.6 Å². The SMILES string of the molecule is COc1ccc2nccc(CCC3(O)CCC(C(=O)Nc4ccc(C)c(F)c4)CC3)c2n1. The number of fused-ring (bicyclic) bond motifs is 1. The molecule has 0 bridgehead atoms. The number of ether oxygens (including phenoxy) is 1. The van der Waals surface area contributed by atoms with Gasteiger partial charge < -0.3 is 15.2 Å². The first kappa shape index (κ1) is 22.1. The van der Waals surface area contributed by atoms with Crippen LogP contribution in [0.25, 0.3) is 11.0 Å². The van der Waals surface area contributed by atoms with Crippen LogP contribution in [0.5, 0.6) is 5.88 Å². The lowest BCUT2D eigenvalue weighted by Crippen LogP contribution is -2.38. The third-order valence-corrected chi connectivity index (χ3v) is 6.44. The molecule has 3 aromatic rings. The Kier molecular flexibility index (Phi) is 6.37. The molecule has 0 unspecified atom stereocenters. The molecule has 0 saturated heterocycles. The molecule has 32 heavy (non-hydrogen) atoms. The molecule has 1 aromatic carbocycles. The lowest BCUT2D eigenvalue weighted by molar-refractivity contribution is -0.122. The number of nitrogens with zero attached hydrogens (tertiary/aromatic N) is 2. The molecule has 7 heteroatoms. The minimum Gasteiger partial charge on any atom is -0.481 e. The fourth-order valence-electron chi connectivity index (χ4n) is 4.33. The monoisotopic (exact) mass is 437 g/mol. The van der Waals surface area contributed by atoms with Gasteiger partial charge in [0.25, 0.3) is 0 Å². The number of aliphatic hydroxyl groups is 1. The number of anilines is 1. The Morgan fingerprint density at radius 1 is 1.25 bits per heavy atom. The van der Waals surface area contributed by atoms with Crippen LogP contribution in [0.3, 0.4) is 0 Å². The maximum absolute atomic E-state index is 13.7. The van der Waals surface area contributed by atoms with Crippen LogP contribution >= 0.6 is 0 Å². The van der Waals surface area contributed by atoms with E-state index in [4.69, 9.17) is 4.74 Å². The highest BCUT2D eigenvalue weighted by Crippen LogP contribution is 2.36. The van der Waals surface area contributed by atoms with Crippen LogP contribution in [0, 0.1) is 18.7 Å². The van der Waals surface area contributed by atoms with E-state index in [1.54, 1.807) is 38.4 Å². The molecule has 0 radical (unpaired) electrons. The van der Waals surface area contributed by atoms with Gasteiger partial charge in [-0.25, -0.2) is 9.37 Å². The summed E-state index contributed by atoms with van der Waals surface area (Å²) in [5.41, 5.74) is 2.79. The molecule has 2 heterocycles. The van der Waals surface area contributed by atoms with Crippen molar-refractivity contribution in [1.29, 1.82) is 0 Å². The summed E-state index contributed by atoms with van der Waals surface area (Å²) in [6, 6.07) is 10.3. The van der Waals surface area contributed by atoms with Crippen LogP contribution in [0.2, 0.25) is 0 Å². The number of nitrogens with one attached hydrogen (secondary N) is 1. The molecule has 1 aliphatic rings. The van der Waals surface area contributed by atoms with E-state index in [0.29, 0.717) is 55.7 Å². The summed E-state index contributed by atoms with van der Waals surface area (Å²) in [4.78, 5) is 21.5. The number of hydrogen-bond donors (Lipinski definition) is 2. The number of aromatic nitrogens is 2. The molecule has 2 aromatic heterocycles. The van der Waals surface area contributed by atoms with Gasteiger partial charge in [-0.1, -0.05) is 6.07 Å². The summed E-state index contributed by atoms with van der Waals surface area (Å²) < 4.78 is 19.0. The first-order valence-electron chi connectivity index (χ1n) is 10.9. The van der Waals surface area contributed by atoms with Crippen LogP contribution in [-0.2, 0) is 11.2 Å². The number of benzene rings is 1. The fraction of sp³-hybridized carbons (Fsp3) is 0.400. The van der Waals surface area contributed by atoms with Gasteiger partial charge in [0.05, 0.1) is 23.7 Å². The Labute approximate surface area is 186 Å². The standard InChI is InChI=1S/C25H28FN3O3/c1-16-3-4-19(15-20(16)26)28-24(30)18-8-12-25(31,13-9-18)11-7-17-10-14-27-21-5-6-22(32-2)29-23(17)21/h3-6,10,14-15,18,31H,7-9,11-13H2,1-2H3,(H,28,30). The quantitative estimate of drug-likeness (QED) is 0.590. The van der Waals surface area contributed by atoms with E-state index in [1.165, 1.54) is 6.07 Å². The summed E-state index contributed by atoms with van der Waals surface area (Å²) >= 11 is 0. The molecule has 0 spiro atoms. The number of aryl methyl sites for hydroxylation is 2. The molecule has 1 saturated carbocycles. The van der Waals surface area contributed by atoms with Gasteiger partial charge in [0.1, 0.15) is 5.82 Å². The number of halogens is 1. The van der Waals surface area contributed by atoms with Crippen molar-refractivity contribution in [1.82, 2.24) is 9.97 Å². The topological polar surface area (TPSA) is 84.3 Å². The average Bonchev–Trinajstić information content (AvgIpc) is 2.80. The number of rotatable bonds is 6. The summed E-state index contributed by atoms with van der Waals surface area (Å²) in [6.07, 6.45) is 5.29. The molecule has 1 fully saturated rings. The van der Waals surface area contributed by atoms with E-state index in [1.807, 2.05) is 12.1 Å². The van der Waals surface area contributed by atoms with Crippen LogP contribution < -0.4 is 10.1 Å². The average molecular weight is 438 g/mol. The van der Waals surface area contributed by atoms with Crippen LogP contribution in [0.4, 0.5) is 10.1 Å². The maximum atomic E-state index is 13.7. The molecule has 1 aliphatic carbocycles. The van der Waals surface area contributed by atoms with Gasteiger partial charge in [0.2, 0.25) is 11.8 Å². The summed E-state index contributed by atoms with van der Waals surface area (Å²) in [7, 11) is 1.58. The second kappa shape index (κ2) is 9.20. The van der Waals surface area contributed by atoms with E-state index in [9.17, 15) is 14.3 Å². The van der Waals surface area contributed by atoms with Gasteiger partial charge in [-0.15, -0.1) is 0 Å². The maximum Gasteiger partial charge on any atom is 0.227 e. The van der Waals surface area contributed by atoms with Crippen molar-refractivity contribution in [3.63, 3.8) is 0 Å². The minimum atomic E-state index is -0.818. The van der Waals surface area contributed by atoms with Crippen LogP contribution in [0.15, 0.2) is 42.6 Å². The van der Waals surface area contributed by atoms with Gasteiger partial charge in [0.15, 0.2) is 0 Å². The zero-order chi connectivity index (χ0) is 22.7. The fourth-order valence-corrected chi connectivity index (χ4v) is 4.33. The summed E-state index contributed by atoms with van der Waals surface area (Å²) in [6.45, 7) is 1.68. The first-order chi connectivity index (χ1) is 15.4. The number of amides is 1. The molecular formula is C25H28FN3O3. The van der Waals surface area contributed by atoms with Crippen molar-refractivity contribution in [3.8, 4) is 5.88 Å². The van der Waals surface area contributed by atoms with E-state index in [2.05, 4.69) is 15.3 Å². The second-order valence-electron chi connectivity index (χ2n) is 8.64. The first-order valence-corrected chi connectivity index (χ1v) is 10.9. The molecule has 0 aliphatic heterocycles. The van der Waals surface area contributed by atoms with Gasteiger partial charge >= 0.3 is 0 Å². The summed E-state index contributed by atoms with van der Waals surface area (Å²) in [5, 5.41) is 13.9. The normalized spacial score (nSPS) is 20.8. The molecule has 0 atom stereocenters. The van der Waals surface area contributed by atoms with Gasteiger partial charge in [-0.3, -0.25) is 9.78 Å². The predicted octanol–water partition coefficient (Wildman–Crippen LogP) is 4.58. The minimum absolute atomic E-state index is 0.119. The predicted molar refractivity (Wildman–Crippen MR) is 121 cm³/mol. The molecule has 168 valence electrons. The Morgan fingerprint density at radius 3 is 2.75 bits per heavy atom. The van der Waals surface area contributed by atoms with Crippen molar-refractivity contribution in [2.24, 2.45) is 5.92 Å². The van der Waals surface area contributed by atoms with E-state index in [-0.39, 0.29) is 17.6 Å². The third-order valence-electron chi connectivity index (χ3n) is 6.44. The third kappa shape index (κ3) is 4.88. The zero-order valence-electron chi connectivity index (χ0n) is 18.4. The lowest BCUT2D eigenvalue weighted by Gasteiger charge is -2.35. The van der Waals surface area contributed by atoms with Crippen LogP contribution in [-0.4, -0.2) is 33.7 Å². The molecule has 1 amide bonds. The Hall–Kier alpha value is -3.06. The highest BCUT2D eigenvalue weighted by molar-refractivity contribution is 5.92. The van der Waals surface area contributed by atoms with Gasteiger partial charge in [0, 0.05) is 23.9 Å². The lowest BCUT2D eigenvalue weighted by atomic mass is 9.76. The van der Waals surface area contributed by atoms with E-state index >= 15 is 0 Å². The van der Waals surface area contributed by atoms with E-state index < -0.39 is 5.60 Å². The second-order valence-corrected chi connectivity index (χ2v) is 8.64. The van der Waals surface area contributed by atoms with Gasteiger partial charge in [-0.2, -0.15) is 0 Å². The van der Waals surface area contributed by atoms with Crippen molar-refractivity contribution in [2.75, 3.05) is 12.4 Å². The van der Waals surface area contributed by atoms with Crippen molar-refractivity contribution in [2.45, 2.75) is 51.0 Å². The molecule has 4 rings (SSSR count). The highest BCUT2D eigenvalue weighted by Gasteiger charge is 2.35. The number of methoxy groups -OCH3 is 1. The Balaban J connectivity index is 1.35. The zero-order valence-corrected chi connectivity index (χ0v) is 18.4. The van der Waals surface area contributed by atoms with Crippen molar-refractivity contribution in [3.05, 3.63) is 59.5 Å². The number of pyridine rings is 2. The van der Waals surface area contributed by atoms with Crippen LogP contribution in [0.1, 0.15) is 43.2 Å². The number of carbonyl (C=O) groups is 1. The highest BCUT2D eigenvalue weighted by atomic mass is 19.1. The smallest absolute Gasteiger partial charge is 0.227 e. The molecular weight excluding hydrogens is 409 g/mol. The number of hydrogen-bond acceptors (Lipinski definition) is 5. The molecule has 6 nitrogen and oxygen atoms in total. The molecule has 2 N–H and O–H groups in total. The largest absolute Gasteiger partial charge is 0.481 e. The Morgan fingerprint density at radius 2 is 2.03 bits per heavy atom.